The summed E-state index contributed by atoms with van der Waals surface area (Å²) in [4.78, 5) is -0.224. The number of sulfonamides is 1. The lowest BCUT2D eigenvalue weighted by molar-refractivity contribution is 0.0554. The highest BCUT2D eigenvalue weighted by atomic mass is 79.9. The van der Waals surface area contributed by atoms with Crippen LogP contribution in [-0.2, 0) is 14.8 Å². The number of nitrogens with two attached hydrogens (primary N) is 1. The van der Waals surface area contributed by atoms with Gasteiger partial charge in [0.15, 0.2) is 0 Å². The van der Waals surface area contributed by atoms with Crippen LogP contribution in [-0.4, -0.2) is 51.2 Å². The number of hydrogen-bond donors (Lipinski definition) is 2. The number of anilines is 1. The third kappa shape index (κ3) is 3.89. The summed E-state index contributed by atoms with van der Waals surface area (Å²) < 4.78 is 43.5. The van der Waals surface area contributed by atoms with Crippen LogP contribution >= 0.6 is 15.9 Å². The molecule has 0 saturated carbocycles. The van der Waals surface area contributed by atoms with Crippen molar-refractivity contribution in [3.05, 3.63) is 22.4 Å². The molecular formula is C11H16BrFN2O4S. The van der Waals surface area contributed by atoms with E-state index in [-0.39, 0.29) is 28.2 Å². The number of methoxy groups -OCH3 is 1. The van der Waals surface area contributed by atoms with E-state index < -0.39 is 21.9 Å². The van der Waals surface area contributed by atoms with Gasteiger partial charge in [-0.05, 0) is 28.1 Å². The quantitative estimate of drug-likeness (QED) is 0.722. The molecule has 0 aliphatic carbocycles. The minimum absolute atomic E-state index is 0.00243. The molecule has 6 nitrogen and oxygen atoms in total. The Morgan fingerprint density at radius 2 is 2.15 bits per heavy atom. The molecule has 0 saturated heterocycles. The topological polar surface area (TPSA) is 92.9 Å². The molecule has 0 bridgehead atoms. The number of hydrogen-bond acceptors (Lipinski definition) is 5. The van der Waals surface area contributed by atoms with Crippen molar-refractivity contribution in [3.63, 3.8) is 0 Å². The zero-order chi connectivity index (χ0) is 15.5. The first-order valence-corrected chi connectivity index (χ1v) is 7.81. The predicted molar refractivity (Wildman–Crippen MR) is 76.2 cm³/mol. The van der Waals surface area contributed by atoms with Gasteiger partial charge in [-0.1, -0.05) is 0 Å². The highest BCUT2D eigenvalue weighted by Crippen LogP contribution is 2.28. The molecule has 0 fully saturated rings. The van der Waals surface area contributed by atoms with Gasteiger partial charge in [0.05, 0.1) is 22.9 Å². The molecule has 0 radical (unpaired) electrons. The summed E-state index contributed by atoms with van der Waals surface area (Å²) >= 11 is 2.91. The molecule has 0 aromatic heterocycles. The van der Waals surface area contributed by atoms with Gasteiger partial charge in [-0.2, -0.15) is 4.31 Å². The van der Waals surface area contributed by atoms with Crippen LogP contribution in [0.3, 0.4) is 0 Å². The van der Waals surface area contributed by atoms with Crippen molar-refractivity contribution in [2.75, 3.05) is 33.0 Å². The summed E-state index contributed by atoms with van der Waals surface area (Å²) in [7, 11) is -1.23. The highest BCUT2D eigenvalue weighted by molar-refractivity contribution is 9.10. The van der Waals surface area contributed by atoms with Crippen molar-refractivity contribution in [2.24, 2.45) is 0 Å². The second kappa shape index (κ2) is 6.81. The summed E-state index contributed by atoms with van der Waals surface area (Å²) in [6, 6.07) is 2.02. The van der Waals surface area contributed by atoms with Crippen LogP contribution in [0.25, 0.3) is 0 Å². The van der Waals surface area contributed by atoms with E-state index in [9.17, 15) is 17.9 Å². The molecule has 0 heterocycles. The van der Waals surface area contributed by atoms with Gasteiger partial charge in [-0.15, -0.1) is 0 Å². The van der Waals surface area contributed by atoms with Crippen molar-refractivity contribution in [3.8, 4) is 0 Å². The van der Waals surface area contributed by atoms with E-state index >= 15 is 0 Å². The molecule has 1 aromatic rings. The molecule has 1 rings (SSSR count). The average Bonchev–Trinajstić information content (AvgIpc) is 2.33. The fraction of sp³-hybridized carbons (Fsp3) is 0.455. The molecule has 20 heavy (non-hydrogen) atoms. The maximum atomic E-state index is 13.3. The maximum Gasteiger partial charge on any atom is 0.244 e. The van der Waals surface area contributed by atoms with Crippen LogP contribution < -0.4 is 5.73 Å². The third-order valence-corrected chi connectivity index (χ3v) is 5.05. The molecule has 1 atom stereocenters. The van der Waals surface area contributed by atoms with Gasteiger partial charge in [0, 0.05) is 20.7 Å². The lowest BCUT2D eigenvalue weighted by atomic mass is 10.3. The number of benzene rings is 1. The number of likely N-dealkylation sites (N-methyl/N-ethyl adjacent to an activating group) is 1. The van der Waals surface area contributed by atoms with Crippen LogP contribution in [0.4, 0.5) is 10.1 Å². The number of rotatable bonds is 6. The van der Waals surface area contributed by atoms with Crippen molar-refractivity contribution < 1.29 is 22.7 Å². The Bertz CT molecular complexity index is 582. The number of ether oxygens (including phenoxy) is 1. The second-order valence-corrected chi connectivity index (χ2v) is 7.07. The van der Waals surface area contributed by atoms with Gasteiger partial charge in [-0.3, -0.25) is 0 Å². The minimum Gasteiger partial charge on any atom is -0.398 e. The Morgan fingerprint density at radius 1 is 1.55 bits per heavy atom. The zero-order valence-electron chi connectivity index (χ0n) is 11.0. The lowest BCUT2D eigenvalue weighted by Crippen LogP contribution is -2.36. The largest absolute Gasteiger partial charge is 0.398 e. The Kier molecular flexibility index (Phi) is 5.90. The fourth-order valence-electron chi connectivity index (χ4n) is 1.58. The number of aliphatic hydroxyl groups excluding tert-OH is 1. The van der Waals surface area contributed by atoms with Gasteiger partial charge in [0.25, 0.3) is 0 Å². The monoisotopic (exact) mass is 370 g/mol. The van der Waals surface area contributed by atoms with Crippen LogP contribution in [0.15, 0.2) is 21.5 Å². The lowest BCUT2D eigenvalue weighted by Gasteiger charge is -2.21. The molecule has 0 amide bonds. The molecule has 1 aromatic carbocycles. The first-order chi connectivity index (χ1) is 9.20. The van der Waals surface area contributed by atoms with Crippen molar-refractivity contribution in [1.82, 2.24) is 4.31 Å². The number of halogens is 2. The molecule has 0 aliphatic heterocycles. The van der Waals surface area contributed by atoms with Gasteiger partial charge >= 0.3 is 0 Å². The smallest absolute Gasteiger partial charge is 0.244 e. The van der Waals surface area contributed by atoms with E-state index in [1.807, 2.05) is 0 Å². The summed E-state index contributed by atoms with van der Waals surface area (Å²) in [5, 5.41) is 9.57. The Hall–Kier alpha value is -0.740. The van der Waals surface area contributed by atoms with Gasteiger partial charge in [-0.25, -0.2) is 12.8 Å². The maximum absolute atomic E-state index is 13.3. The van der Waals surface area contributed by atoms with E-state index in [4.69, 9.17) is 10.5 Å². The highest BCUT2D eigenvalue weighted by Gasteiger charge is 2.26. The molecule has 3 N–H and O–H groups in total. The summed E-state index contributed by atoms with van der Waals surface area (Å²) in [5.74, 6) is -0.650. The first kappa shape index (κ1) is 17.3. The summed E-state index contributed by atoms with van der Waals surface area (Å²) in [6.07, 6.45) is -0.968. The van der Waals surface area contributed by atoms with Gasteiger partial charge in [0.1, 0.15) is 10.7 Å². The Labute approximate surface area is 125 Å². The first-order valence-electron chi connectivity index (χ1n) is 5.58. The summed E-state index contributed by atoms with van der Waals surface area (Å²) in [6.45, 7) is -0.160. The molecule has 9 heteroatoms. The molecule has 1 unspecified atom stereocenters. The third-order valence-electron chi connectivity index (χ3n) is 2.57. The number of aliphatic hydroxyl groups is 1. The van der Waals surface area contributed by atoms with E-state index in [0.717, 1.165) is 16.4 Å². The van der Waals surface area contributed by atoms with Crippen LogP contribution in [0.2, 0.25) is 0 Å². The van der Waals surface area contributed by atoms with E-state index in [1.54, 1.807) is 0 Å². The number of nitrogens with zero attached hydrogens (tertiary/aromatic N) is 1. The molecule has 0 spiro atoms. The standard InChI is InChI=1S/C11H16BrFN2O4S/c1-15(5-7(16)6-19-2)20(17,18)11-3-8(12)9(13)4-10(11)14/h3-4,7,16H,5-6,14H2,1-2H3. The van der Waals surface area contributed by atoms with Crippen LogP contribution in [0.1, 0.15) is 0 Å². The van der Waals surface area contributed by atoms with Crippen molar-refractivity contribution >= 4 is 31.6 Å². The molecule has 114 valence electrons. The van der Waals surface area contributed by atoms with E-state index in [1.165, 1.54) is 14.2 Å². The second-order valence-electron chi connectivity index (χ2n) is 4.20. The van der Waals surface area contributed by atoms with Gasteiger partial charge < -0.3 is 15.6 Å². The SMILES string of the molecule is COCC(O)CN(C)S(=O)(=O)c1cc(Br)c(F)cc1N. The minimum atomic E-state index is -3.93. The van der Waals surface area contributed by atoms with E-state index in [0.29, 0.717) is 0 Å². The fourth-order valence-corrected chi connectivity index (χ4v) is 3.40. The molecular weight excluding hydrogens is 355 g/mol. The average molecular weight is 371 g/mol. The van der Waals surface area contributed by atoms with Crippen LogP contribution in [0.5, 0.6) is 0 Å². The van der Waals surface area contributed by atoms with Crippen molar-refractivity contribution in [2.45, 2.75) is 11.0 Å². The Balaban J connectivity index is 3.07. The van der Waals surface area contributed by atoms with Crippen molar-refractivity contribution in [1.29, 1.82) is 0 Å². The normalized spacial score (nSPS) is 13.7. The predicted octanol–water partition coefficient (Wildman–Crippen LogP) is 0.798. The van der Waals surface area contributed by atoms with E-state index in [2.05, 4.69) is 15.9 Å². The number of nitrogen functional groups attached to an aromatic ring is 1. The van der Waals surface area contributed by atoms with Crippen LogP contribution in [0, 0.1) is 5.82 Å². The van der Waals surface area contributed by atoms with Gasteiger partial charge in [0.2, 0.25) is 10.0 Å². The summed E-state index contributed by atoms with van der Waals surface area (Å²) in [5.41, 5.74) is 5.35. The zero-order valence-corrected chi connectivity index (χ0v) is 13.4. The Morgan fingerprint density at radius 3 is 2.70 bits per heavy atom. The molecule has 0 aliphatic rings.